The van der Waals surface area contributed by atoms with Crippen LogP contribution in [0.3, 0.4) is 0 Å². The summed E-state index contributed by atoms with van der Waals surface area (Å²) in [5.41, 5.74) is 7.38. The predicted octanol–water partition coefficient (Wildman–Crippen LogP) is 6.89. The van der Waals surface area contributed by atoms with Crippen LogP contribution in [0.2, 0.25) is 0 Å². The third-order valence-electron chi connectivity index (χ3n) is 0.135. The zero-order valence-electron chi connectivity index (χ0n) is 14.2. The van der Waals surface area contributed by atoms with Gasteiger partial charge in [-0.1, -0.05) is 75.7 Å². The molecule has 19 heavy (non-hydrogen) atoms. The average molecular weight is 282 g/mol. The van der Waals surface area contributed by atoms with Gasteiger partial charge in [0.1, 0.15) is 6.17 Å². The van der Waals surface area contributed by atoms with E-state index in [0.717, 1.165) is 6.17 Å². The van der Waals surface area contributed by atoms with Crippen LogP contribution in [0.1, 0.15) is 69.2 Å². The summed E-state index contributed by atoms with van der Waals surface area (Å²) in [6.45, 7) is 19.9. The first kappa shape index (κ1) is 43.3. The Morgan fingerprint density at radius 3 is 1.21 bits per heavy atom. The fraction of sp³-hybridized carbons (Fsp3) is 0.769. The molecule has 0 unspecified atom stereocenters. The van der Waals surface area contributed by atoms with Crippen molar-refractivity contribution in [1.82, 2.24) is 0 Å². The molecular formula is C13H32F2N4. The minimum atomic E-state index is -0.0836. The molecule has 0 saturated heterocycles. The first-order chi connectivity index (χ1) is 9.33. The van der Waals surface area contributed by atoms with E-state index in [9.17, 15) is 8.78 Å². The van der Waals surface area contributed by atoms with Gasteiger partial charge < -0.3 is 0 Å². The van der Waals surface area contributed by atoms with Crippen molar-refractivity contribution in [1.29, 1.82) is 0 Å². The summed E-state index contributed by atoms with van der Waals surface area (Å²) in [6.07, 6.45) is 4.68. The van der Waals surface area contributed by atoms with Gasteiger partial charge in [-0.05, 0) is 5.10 Å². The van der Waals surface area contributed by atoms with E-state index < -0.39 is 0 Å². The van der Waals surface area contributed by atoms with Crippen molar-refractivity contribution in [2.75, 3.05) is 0 Å². The second-order valence-electron chi connectivity index (χ2n) is 0.501. The topological polar surface area (TPSA) is 61.1 Å². The molecule has 0 rings (SSSR count). The van der Waals surface area contributed by atoms with E-state index in [4.69, 9.17) is 5.53 Å². The molecule has 0 aliphatic carbocycles. The lowest BCUT2D eigenvalue weighted by atomic mass is 11.0. The van der Waals surface area contributed by atoms with Gasteiger partial charge >= 0.3 is 0 Å². The molecule has 6 heteroatoms. The second-order valence-corrected chi connectivity index (χ2v) is 0.501. The zero-order valence-corrected chi connectivity index (χ0v) is 14.2. The van der Waals surface area contributed by atoms with Crippen LogP contribution in [0.4, 0.5) is 8.78 Å². The number of terminal acetylenes is 1. The van der Waals surface area contributed by atoms with E-state index in [1.807, 2.05) is 69.2 Å². The normalized spacial score (nSPS) is 4.58. The molecule has 0 radical (unpaired) electrons. The maximum Gasteiger partial charge on any atom is 0.290 e. The lowest BCUT2D eigenvalue weighted by Gasteiger charge is -1.49. The number of hydrogen-bond acceptors (Lipinski definition) is 1. The van der Waals surface area contributed by atoms with Crippen LogP contribution >= 0.6 is 0 Å². The van der Waals surface area contributed by atoms with Crippen molar-refractivity contribution >= 4 is 6.47 Å². The third-order valence-corrected chi connectivity index (χ3v) is 0.135. The van der Waals surface area contributed by atoms with Crippen molar-refractivity contribution in [3.63, 3.8) is 0 Å². The number of nitrogens with zero attached hydrogens (tertiary/aromatic N) is 4. The van der Waals surface area contributed by atoms with Gasteiger partial charge in [-0.2, -0.15) is 9.30 Å². The van der Waals surface area contributed by atoms with E-state index in [-0.39, 0.29) is 6.47 Å². The number of rotatable bonds is 1. The van der Waals surface area contributed by atoms with Gasteiger partial charge in [-0.25, -0.2) is 0 Å². The van der Waals surface area contributed by atoms with Crippen molar-refractivity contribution in [3.8, 4) is 12.6 Å². The summed E-state index contributed by atoms with van der Waals surface area (Å²) in [5.74, 6) is 0. The summed E-state index contributed by atoms with van der Waals surface area (Å²) in [4.78, 5) is 2.11. The summed E-state index contributed by atoms with van der Waals surface area (Å²) in [5, 5.41) is 4.97. The van der Waals surface area contributed by atoms with Crippen molar-refractivity contribution in [2.24, 2.45) is 10.3 Å². The van der Waals surface area contributed by atoms with Gasteiger partial charge in [-0.15, -0.1) is 9.92 Å². The smallest absolute Gasteiger partial charge is 0.165 e. The highest BCUT2D eigenvalue weighted by Gasteiger charge is 1.57. The molecule has 0 N–H and O–H groups in total. The second kappa shape index (κ2) is 336. The van der Waals surface area contributed by atoms with Gasteiger partial charge in [0, 0.05) is 5.22 Å². The van der Waals surface area contributed by atoms with Crippen LogP contribution in [0.5, 0.6) is 0 Å². The third kappa shape index (κ3) is 1740. The maximum absolute atomic E-state index is 10.6. The number of halogens is 2. The molecule has 0 saturated carbocycles. The molecule has 0 aromatic carbocycles. The van der Waals surface area contributed by atoms with Gasteiger partial charge in [0.05, 0.1) is 0 Å². The Morgan fingerprint density at radius 1 is 0.947 bits per heavy atom. The monoisotopic (exact) mass is 282 g/mol. The van der Waals surface area contributed by atoms with Gasteiger partial charge in [0.15, 0.2) is 0 Å². The summed E-state index contributed by atoms with van der Waals surface area (Å²) >= 11 is 0. The van der Waals surface area contributed by atoms with Gasteiger partial charge in [0.2, 0.25) is 0 Å². The standard InChI is InChI=1S/C2HF.5C2H6.CHFN4/c1-2-3;5*1-2;2-1-4-6-5-3/h1H;5*1-2H3;1H/b;;;;;;4-1+. The zero-order chi connectivity index (χ0) is 17.5. The highest BCUT2D eigenvalue weighted by atomic mass is 19.1. The van der Waals surface area contributed by atoms with Crippen LogP contribution in [0.25, 0.3) is 10.4 Å². The predicted molar refractivity (Wildman–Crippen MR) is 85.4 cm³/mol. The lowest BCUT2D eigenvalue weighted by Crippen LogP contribution is -1.43. The molecule has 0 aromatic heterocycles. The Kier molecular flexibility index (Phi) is 766. The lowest BCUT2D eigenvalue weighted by molar-refractivity contribution is 0.775. The van der Waals surface area contributed by atoms with E-state index in [2.05, 4.69) is 21.7 Å². The van der Waals surface area contributed by atoms with Crippen LogP contribution < -0.4 is 0 Å². The van der Waals surface area contributed by atoms with Crippen molar-refractivity contribution < 1.29 is 8.78 Å². The van der Waals surface area contributed by atoms with Crippen molar-refractivity contribution in [3.05, 3.63) is 10.4 Å². The molecule has 4 nitrogen and oxygen atoms in total. The Labute approximate surface area is 118 Å². The van der Waals surface area contributed by atoms with Crippen molar-refractivity contribution in [2.45, 2.75) is 69.2 Å². The first-order valence-electron chi connectivity index (χ1n) is 6.55. The molecule has 0 heterocycles. The molecule has 0 atom stereocenters. The van der Waals surface area contributed by atoms with Gasteiger partial charge in [-0.3, -0.25) is 0 Å². The number of azide groups is 1. The minimum Gasteiger partial charge on any atom is -0.165 e. The average Bonchev–Trinajstić information content (AvgIpc) is 2.56. The molecule has 0 aliphatic heterocycles. The highest BCUT2D eigenvalue weighted by molar-refractivity contribution is 5.43. The molecule has 0 aliphatic rings. The van der Waals surface area contributed by atoms with E-state index in [1.165, 1.54) is 0 Å². The molecule has 118 valence electrons. The Balaban J connectivity index is -0.0000000193. The Bertz CT molecular complexity index is 161. The fourth-order valence-electron chi connectivity index (χ4n) is 0.0426. The molecule has 0 spiro atoms. The van der Waals surface area contributed by atoms with E-state index >= 15 is 0 Å². The number of hydrogen-bond donors (Lipinski definition) is 0. The summed E-state index contributed by atoms with van der Waals surface area (Å²) < 4.78 is 20.4. The van der Waals surface area contributed by atoms with Gasteiger partial charge in [0.25, 0.3) is 6.47 Å². The summed E-state index contributed by atoms with van der Waals surface area (Å²) in [6, 6.07) is 0. The molecule has 0 bridgehead atoms. The summed E-state index contributed by atoms with van der Waals surface area (Å²) in [7, 11) is 0. The Hall–Kier alpha value is -1.60. The van der Waals surface area contributed by atoms with Crippen LogP contribution in [-0.4, -0.2) is 6.47 Å². The quantitative estimate of drug-likeness (QED) is 0.125. The van der Waals surface area contributed by atoms with Crippen LogP contribution in [-0.2, 0) is 0 Å². The Morgan fingerprint density at radius 2 is 1.16 bits per heavy atom. The molecular weight excluding hydrogens is 250 g/mol. The van der Waals surface area contributed by atoms with Crippen LogP contribution in [0, 0.1) is 12.6 Å². The highest BCUT2D eigenvalue weighted by Crippen LogP contribution is 1.66. The SMILES string of the molecule is C#CF.CC.CC.CC.CC.CC.[N-]=[N+]=N/N=C/F. The molecule has 0 aromatic rings. The maximum atomic E-state index is 10.6. The molecule has 0 fully saturated rings. The largest absolute Gasteiger partial charge is 0.290 e. The van der Waals surface area contributed by atoms with Crippen LogP contribution in [0.15, 0.2) is 10.3 Å². The molecule has 0 amide bonds. The van der Waals surface area contributed by atoms with E-state index in [1.54, 1.807) is 0 Å². The van der Waals surface area contributed by atoms with E-state index in [0.29, 0.717) is 0 Å². The minimum absolute atomic E-state index is 0.0836. The first-order valence-corrected chi connectivity index (χ1v) is 6.55. The fourth-order valence-corrected chi connectivity index (χ4v) is 0.0426.